The number of unbranched alkanes of at least 4 members (excludes halogenated alkanes) is 1. The van der Waals surface area contributed by atoms with Gasteiger partial charge < -0.3 is 14.0 Å². The van der Waals surface area contributed by atoms with E-state index in [0.29, 0.717) is 12.4 Å². The molecule has 0 spiro atoms. The fourth-order valence-corrected chi connectivity index (χ4v) is 3.21. The van der Waals surface area contributed by atoms with Gasteiger partial charge in [-0.2, -0.15) is 0 Å². The molecule has 0 amide bonds. The molecule has 0 N–H and O–H groups in total. The summed E-state index contributed by atoms with van der Waals surface area (Å²) >= 11 is 0. The van der Waals surface area contributed by atoms with Crippen molar-refractivity contribution in [2.45, 2.75) is 39.7 Å². The maximum absolute atomic E-state index is 12.9. The predicted octanol–water partition coefficient (Wildman–Crippen LogP) is 4.00. The molecule has 23 heavy (non-hydrogen) atoms. The monoisotopic (exact) mass is 344 g/mol. The highest BCUT2D eigenvalue weighted by Gasteiger charge is 2.32. The van der Waals surface area contributed by atoms with Crippen LogP contribution in [0.3, 0.4) is 0 Å². The molecule has 0 aromatic heterocycles. The van der Waals surface area contributed by atoms with Gasteiger partial charge in [-0.05, 0) is 32.4 Å². The lowest BCUT2D eigenvalue weighted by atomic mass is 10.3. The molecule has 0 fully saturated rings. The van der Waals surface area contributed by atoms with Crippen LogP contribution < -0.4 is 4.52 Å². The standard InChI is InChI=1S/C16H25O6P/c1-4-6-12-19-13-23(18,21-14(3)16(17)20-5-2)22-15-10-8-7-9-11-15/h7-11,14H,4-6,12-13H2,1-3H3/t14-,23?/m0/s1. The van der Waals surface area contributed by atoms with E-state index in [1.54, 1.807) is 31.2 Å². The van der Waals surface area contributed by atoms with Gasteiger partial charge in [0.05, 0.1) is 6.61 Å². The summed E-state index contributed by atoms with van der Waals surface area (Å²) < 4.78 is 34.0. The van der Waals surface area contributed by atoms with E-state index in [4.69, 9.17) is 18.5 Å². The van der Waals surface area contributed by atoms with Crippen LogP contribution in [0.15, 0.2) is 30.3 Å². The lowest BCUT2D eigenvalue weighted by Crippen LogP contribution is -2.24. The molecule has 0 aliphatic heterocycles. The molecule has 6 nitrogen and oxygen atoms in total. The summed E-state index contributed by atoms with van der Waals surface area (Å²) in [4.78, 5) is 11.7. The molecule has 0 radical (unpaired) electrons. The van der Waals surface area contributed by atoms with Crippen LogP contribution in [0.1, 0.15) is 33.6 Å². The van der Waals surface area contributed by atoms with Crippen molar-refractivity contribution in [1.82, 2.24) is 0 Å². The molecule has 0 aliphatic rings. The van der Waals surface area contributed by atoms with E-state index in [2.05, 4.69) is 0 Å². The Morgan fingerprint density at radius 1 is 1.22 bits per heavy atom. The van der Waals surface area contributed by atoms with Crippen LogP contribution in [0, 0.1) is 0 Å². The normalized spacial score (nSPS) is 14.7. The molecule has 0 aliphatic carbocycles. The maximum Gasteiger partial charge on any atom is 0.405 e. The van der Waals surface area contributed by atoms with Crippen molar-refractivity contribution >= 4 is 13.6 Å². The SMILES string of the molecule is CCCCOCP(=O)(Oc1ccccc1)O[C@@H](C)C(=O)OCC. The van der Waals surface area contributed by atoms with Crippen molar-refractivity contribution in [1.29, 1.82) is 0 Å². The van der Waals surface area contributed by atoms with Gasteiger partial charge >= 0.3 is 13.6 Å². The van der Waals surface area contributed by atoms with Gasteiger partial charge in [-0.1, -0.05) is 31.5 Å². The zero-order chi connectivity index (χ0) is 17.1. The number of rotatable bonds is 11. The second-order valence-corrected chi connectivity index (χ2v) is 6.78. The van der Waals surface area contributed by atoms with Crippen molar-refractivity contribution in [3.8, 4) is 5.75 Å². The number of hydrogen-bond acceptors (Lipinski definition) is 6. The summed E-state index contributed by atoms with van der Waals surface area (Å²) in [5.74, 6) is -0.191. The van der Waals surface area contributed by atoms with Crippen molar-refractivity contribution in [3.63, 3.8) is 0 Å². The molecular formula is C16H25O6P. The minimum Gasteiger partial charge on any atom is -0.464 e. The lowest BCUT2D eigenvalue weighted by molar-refractivity contribution is -0.150. The molecule has 0 bridgehead atoms. The minimum atomic E-state index is -3.64. The van der Waals surface area contributed by atoms with Gasteiger partial charge in [-0.3, -0.25) is 4.52 Å². The molecule has 2 atom stereocenters. The Kier molecular flexibility index (Phi) is 8.92. The summed E-state index contributed by atoms with van der Waals surface area (Å²) in [6.45, 7) is 5.88. The predicted molar refractivity (Wildman–Crippen MR) is 87.6 cm³/mol. The summed E-state index contributed by atoms with van der Waals surface area (Å²) in [5, 5.41) is 0. The summed E-state index contributed by atoms with van der Waals surface area (Å²) in [6.07, 6.45) is 0.591. The number of para-hydroxylation sites is 1. The quantitative estimate of drug-likeness (QED) is 0.343. The minimum absolute atomic E-state index is 0.217. The smallest absolute Gasteiger partial charge is 0.405 e. The summed E-state index contributed by atoms with van der Waals surface area (Å²) in [7, 11) is -3.64. The van der Waals surface area contributed by atoms with Gasteiger partial charge in [-0.15, -0.1) is 0 Å². The molecule has 1 aromatic carbocycles. The van der Waals surface area contributed by atoms with Gasteiger partial charge in [0.15, 0.2) is 12.5 Å². The third kappa shape index (κ3) is 7.64. The van der Waals surface area contributed by atoms with Crippen molar-refractivity contribution in [3.05, 3.63) is 30.3 Å². The maximum atomic E-state index is 12.9. The average Bonchev–Trinajstić information content (AvgIpc) is 2.52. The summed E-state index contributed by atoms with van der Waals surface area (Å²) in [6, 6.07) is 8.66. The number of hydrogen-bond donors (Lipinski definition) is 0. The Bertz CT molecular complexity index is 505. The molecular weight excluding hydrogens is 319 g/mol. The first kappa shape index (κ1) is 19.7. The van der Waals surface area contributed by atoms with E-state index < -0.39 is 19.7 Å². The Hall–Kier alpha value is -1.36. The highest BCUT2D eigenvalue weighted by molar-refractivity contribution is 7.54. The van der Waals surface area contributed by atoms with Gasteiger partial charge in [-0.25, -0.2) is 9.36 Å². The molecule has 7 heteroatoms. The van der Waals surface area contributed by atoms with E-state index in [-0.39, 0.29) is 13.0 Å². The number of benzene rings is 1. The first-order valence-electron chi connectivity index (χ1n) is 7.77. The van der Waals surface area contributed by atoms with Gasteiger partial charge in [0.25, 0.3) is 0 Å². The number of carbonyl (C=O) groups excluding carboxylic acids is 1. The molecule has 1 rings (SSSR count). The third-order valence-corrected chi connectivity index (χ3v) is 4.44. The van der Waals surface area contributed by atoms with E-state index in [9.17, 15) is 9.36 Å². The van der Waals surface area contributed by atoms with Crippen LogP contribution in [-0.2, 0) is 23.4 Å². The summed E-state index contributed by atoms with van der Waals surface area (Å²) in [5.41, 5.74) is 0. The largest absolute Gasteiger partial charge is 0.464 e. The fourth-order valence-electron chi connectivity index (χ4n) is 1.69. The van der Waals surface area contributed by atoms with Crippen molar-refractivity contribution < 1.29 is 27.9 Å². The molecule has 0 saturated heterocycles. The van der Waals surface area contributed by atoms with Crippen LogP contribution in [0.4, 0.5) is 0 Å². The first-order valence-corrected chi connectivity index (χ1v) is 9.50. The van der Waals surface area contributed by atoms with E-state index >= 15 is 0 Å². The fraction of sp³-hybridized carbons (Fsp3) is 0.562. The van der Waals surface area contributed by atoms with Gasteiger partial charge in [0, 0.05) is 6.61 Å². The first-order chi connectivity index (χ1) is 11.0. The van der Waals surface area contributed by atoms with Gasteiger partial charge in [0.2, 0.25) is 0 Å². The van der Waals surface area contributed by atoms with Crippen LogP contribution in [0.5, 0.6) is 5.75 Å². The highest BCUT2D eigenvalue weighted by Crippen LogP contribution is 2.49. The third-order valence-electron chi connectivity index (χ3n) is 2.82. The van der Waals surface area contributed by atoms with Crippen LogP contribution in [0.25, 0.3) is 0 Å². The van der Waals surface area contributed by atoms with E-state index in [0.717, 1.165) is 12.8 Å². The second-order valence-electron chi connectivity index (χ2n) is 4.91. The topological polar surface area (TPSA) is 71.1 Å². The van der Waals surface area contributed by atoms with Crippen molar-refractivity contribution in [2.24, 2.45) is 0 Å². The zero-order valence-corrected chi connectivity index (χ0v) is 14.8. The van der Waals surface area contributed by atoms with Crippen LogP contribution >= 0.6 is 7.60 Å². The Balaban J connectivity index is 2.74. The molecule has 0 saturated carbocycles. The van der Waals surface area contributed by atoms with Crippen LogP contribution in [-0.4, -0.2) is 31.6 Å². The second kappa shape index (κ2) is 10.4. The molecule has 1 aromatic rings. The lowest BCUT2D eigenvalue weighted by Gasteiger charge is -2.22. The van der Waals surface area contributed by atoms with Crippen LogP contribution in [0.2, 0.25) is 0 Å². The number of esters is 1. The molecule has 130 valence electrons. The Labute approximate surface area is 137 Å². The zero-order valence-electron chi connectivity index (χ0n) is 13.9. The van der Waals surface area contributed by atoms with E-state index in [1.165, 1.54) is 6.92 Å². The van der Waals surface area contributed by atoms with Crippen molar-refractivity contribution in [2.75, 3.05) is 19.6 Å². The average molecular weight is 344 g/mol. The number of carbonyl (C=O) groups is 1. The highest BCUT2D eigenvalue weighted by atomic mass is 31.2. The van der Waals surface area contributed by atoms with E-state index in [1.807, 2.05) is 13.0 Å². The molecule has 0 heterocycles. The Morgan fingerprint density at radius 2 is 1.91 bits per heavy atom. The number of ether oxygens (including phenoxy) is 2. The Morgan fingerprint density at radius 3 is 2.52 bits per heavy atom. The molecule has 1 unspecified atom stereocenters. The van der Waals surface area contributed by atoms with Gasteiger partial charge in [0.1, 0.15) is 5.75 Å².